The van der Waals surface area contributed by atoms with Crippen LogP contribution in [0.3, 0.4) is 0 Å². The van der Waals surface area contributed by atoms with Crippen LogP contribution in [0.1, 0.15) is 39.2 Å². The lowest BCUT2D eigenvalue weighted by Crippen LogP contribution is -2.48. The van der Waals surface area contributed by atoms with Crippen molar-refractivity contribution >= 4 is 5.69 Å². The van der Waals surface area contributed by atoms with Crippen LogP contribution >= 0.6 is 0 Å². The van der Waals surface area contributed by atoms with E-state index in [0.717, 1.165) is 32.5 Å². The molecule has 3 heteroatoms. The number of aryl methyl sites for hydroxylation is 1. The summed E-state index contributed by atoms with van der Waals surface area (Å²) in [6.07, 6.45) is 2.02. The predicted molar refractivity (Wildman–Crippen MR) is 87.5 cm³/mol. The predicted octanol–water partition coefficient (Wildman–Crippen LogP) is 2.96. The number of benzene rings is 1. The lowest BCUT2D eigenvalue weighted by Gasteiger charge is -2.32. The third-order valence-corrected chi connectivity index (χ3v) is 3.87. The number of aliphatic hydroxyl groups is 1. The first-order valence-corrected chi connectivity index (χ1v) is 7.72. The van der Waals surface area contributed by atoms with Crippen molar-refractivity contribution in [3.63, 3.8) is 0 Å². The molecule has 3 nitrogen and oxygen atoms in total. The summed E-state index contributed by atoms with van der Waals surface area (Å²) in [5, 5.41) is 13.1. The first-order valence-electron chi connectivity index (χ1n) is 7.72. The van der Waals surface area contributed by atoms with Gasteiger partial charge < -0.3 is 15.3 Å². The number of aliphatic hydroxyl groups excluding tert-OH is 1. The second-order valence-electron chi connectivity index (χ2n) is 5.81. The monoisotopic (exact) mass is 278 g/mol. The molecule has 114 valence electrons. The lowest BCUT2D eigenvalue weighted by atomic mass is 9.98. The summed E-state index contributed by atoms with van der Waals surface area (Å²) in [6.45, 7) is 11.6. The van der Waals surface area contributed by atoms with Gasteiger partial charge >= 0.3 is 0 Å². The SMILES string of the molecule is CCCNC(C)(CO)CCN(CC)c1ccc(C)cc1. The molecule has 0 aliphatic heterocycles. The van der Waals surface area contributed by atoms with E-state index in [1.54, 1.807) is 0 Å². The molecule has 0 aromatic heterocycles. The fourth-order valence-electron chi connectivity index (χ4n) is 2.26. The van der Waals surface area contributed by atoms with Gasteiger partial charge in [-0.25, -0.2) is 0 Å². The van der Waals surface area contributed by atoms with Crippen LogP contribution in [-0.4, -0.2) is 36.9 Å². The van der Waals surface area contributed by atoms with Crippen LogP contribution in [0.2, 0.25) is 0 Å². The Hall–Kier alpha value is -1.06. The summed E-state index contributed by atoms with van der Waals surface area (Å²) in [5.41, 5.74) is 2.36. The Kier molecular flexibility index (Phi) is 7.03. The lowest BCUT2D eigenvalue weighted by molar-refractivity contribution is 0.167. The van der Waals surface area contributed by atoms with Crippen LogP contribution in [0.15, 0.2) is 24.3 Å². The maximum atomic E-state index is 9.62. The highest BCUT2D eigenvalue weighted by molar-refractivity contribution is 5.47. The third-order valence-electron chi connectivity index (χ3n) is 3.87. The highest BCUT2D eigenvalue weighted by atomic mass is 16.3. The molecule has 1 aromatic rings. The zero-order valence-electron chi connectivity index (χ0n) is 13.4. The fraction of sp³-hybridized carbons (Fsp3) is 0.647. The van der Waals surface area contributed by atoms with Crippen molar-refractivity contribution < 1.29 is 5.11 Å². The molecule has 0 aliphatic carbocycles. The minimum Gasteiger partial charge on any atom is -0.394 e. The summed E-state index contributed by atoms with van der Waals surface area (Å²) in [6, 6.07) is 8.65. The van der Waals surface area contributed by atoms with E-state index in [2.05, 4.69) is 62.2 Å². The molecular weight excluding hydrogens is 248 g/mol. The highest BCUT2D eigenvalue weighted by Gasteiger charge is 2.22. The Bertz CT molecular complexity index is 377. The Morgan fingerprint density at radius 2 is 1.85 bits per heavy atom. The molecule has 0 bridgehead atoms. The minimum absolute atomic E-state index is 0.179. The van der Waals surface area contributed by atoms with E-state index in [1.807, 2.05) is 0 Å². The van der Waals surface area contributed by atoms with Crippen molar-refractivity contribution in [1.82, 2.24) is 5.32 Å². The molecule has 0 saturated heterocycles. The van der Waals surface area contributed by atoms with Gasteiger partial charge in [-0.05, 0) is 52.3 Å². The molecule has 2 N–H and O–H groups in total. The van der Waals surface area contributed by atoms with Crippen LogP contribution < -0.4 is 10.2 Å². The summed E-state index contributed by atoms with van der Waals surface area (Å²) in [4.78, 5) is 2.36. The molecule has 1 unspecified atom stereocenters. The molecule has 0 heterocycles. The largest absolute Gasteiger partial charge is 0.394 e. The van der Waals surface area contributed by atoms with E-state index < -0.39 is 0 Å². The van der Waals surface area contributed by atoms with Crippen molar-refractivity contribution in [1.29, 1.82) is 0 Å². The van der Waals surface area contributed by atoms with Gasteiger partial charge in [0.25, 0.3) is 0 Å². The maximum absolute atomic E-state index is 9.62. The van der Waals surface area contributed by atoms with E-state index in [0.29, 0.717) is 0 Å². The molecule has 20 heavy (non-hydrogen) atoms. The van der Waals surface area contributed by atoms with Crippen LogP contribution in [0.5, 0.6) is 0 Å². The molecular formula is C17H30N2O. The van der Waals surface area contributed by atoms with E-state index in [1.165, 1.54) is 11.3 Å². The van der Waals surface area contributed by atoms with Crippen molar-refractivity contribution in [2.45, 2.75) is 46.1 Å². The average molecular weight is 278 g/mol. The maximum Gasteiger partial charge on any atom is 0.0611 e. The third kappa shape index (κ3) is 5.14. The van der Waals surface area contributed by atoms with Gasteiger partial charge in [0.05, 0.1) is 6.61 Å². The summed E-state index contributed by atoms with van der Waals surface area (Å²) in [7, 11) is 0. The Morgan fingerprint density at radius 3 is 2.35 bits per heavy atom. The Balaban J connectivity index is 2.61. The van der Waals surface area contributed by atoms with Crippen LogP contribution in [-0.2, 0) is 0 Å². The molecule has 1 aromatic carbocycles. The highest BCUT2D eigenvalue weighted by Crippen LogP contribution is 2.18. The van der Waals surface area contributed by atoms with Gasteiger partial charge in [0.15, 0.2) is 0 Å². The Labute approximate surface area is 124 Å². The minimum atomic E-state index is -0.186. The van der Waals surface area contributed by atoms with Gasteiger partial charge in [-0.15, -0.1) is 0 Å². The van der Waals surface area contributed by atoms with Gasteiger partial charge in [0.1, 0.15) is 0 Å². The standard InChI is InChI=1S/C17H30N2O/c1-5-12-18-17(4,14-20)11-13-19(6-2)16-9-7-15(3)8-10-16/h7-10,18,20H,5-6,11-14H2,1-4H3. The van der Waals surface area contributed by atoms with Crippen LogP contribution in [0, 0.1) is 6.92 Å². The molecule has 0 spiro atoms. The van der Waals surface area contributed by atoms with Gasteiger partial charge in [0, 0.05) is 24.3 Å². The van der Waals surface area contributed by atoms with Crippen molar-refractivity contribution in [2.24, 2.45) is 0 Å². The Morgan fingerprint density at radius 1 is 1.20 bits per heavy atom. The van der Waals surface area contributed by atoms with Gasteiger partial charge in [-0.3, -0.25) is 0 Å². The van der Waals surface area contributed by atoms with E-state index in [-0.39, 0.29) is 12.1 Å². The summed E-state index contributed by atoms with van der Waals surface area (Å²) in [5.74, 6) is 0. The zero-order chi connectivity index (χ0) is 15.0. The quantitative estimate of drug-likeness (QED) is 0.729. The van der Waals surface area contributed by atoms with Crippen molar-refractivity contribution in [2.75, 3.05) is 31.1 Å². The van der Waals surface area contributed by atoms with E-state index >= 15 is 0 Å². The van der Waals surface area contributed by atoms with Crippen molar-refractivity contribution in [3.8, 4) is 0 Å². The number of hydrogen-bond acceptors (Lipinski definition) is 3. The number of rotatable bonds is 9. The summed E-state index contributed by atoms with van der Waals surface area (Å²) >= 11 is 0. The van der Waals surface area contributed by atoms with Gasteiger partial charge in [0.2, 0.25) is 0 Å². The number of nitrogens with zero attached hydrogens (tertiary/aromatic N) is 1. The number of hydrogen-bond donors (Lipinski definition) is 2. The van der Waals surface area contributed by atoms with Gasteiger partial charge in [-0.1, -0.05) is 24.6 Å². The zero-order valence-corrected chi connectivity index (χ0v) is 13.4. The molecule has 0 amide bonds. The molecule has 0 saturated carbocycles. The first-order chi connectivity index (χ1) is 9.54. The van der Waals surface area contributed by atoms with Crippen LogP contribution in [0.25, 0.3) is 0 Å². The molecule has 0 aliphatic rings. The average Bonchev–Trinajstić information content (AvgIpc) is 2.47. The van der Waals surface area contributed by atoms with Gasteiger partial charge in [-0.2, -0.15) is 0 Å². The molecule has 1 rings (SSSR count). The first kappa shape index (κ1) is 17.0. The number of anilines is 1. The normalized spacial score (nSPS) is 14.1. The second-order valence-corrected chi connectivity index (χ2v) is 5.81. The van der Waals surface area contributed by atoms with E-state index in [4.69, 9.17) is 0 Å². The van der Waals surface area contributed by atoms with Crippen molar-refractivity contribution in [3.05, 3.63) is 29.8 Å². The summed E-state index contributed by atoms with van der Waals surface area (Å²) < 4.78 is 0. The number of nitrogens with one attached hydrogen (secondary N) is 1. The smallest absolute Gasteiger partial charge is 0.0611 e. The molecule has 0 radical (unpaired) electrons. The molecule has 0 fully saturated rings. The molecule has 1 atom stereocenters. The topological polar surface area (TPSA) is 35.5 Å². The fourth-order valence-corrected chi connectivity index (χ4v) is 2.26. The van der Waals surface area contributed by atoms with E-state index in [9.17, 15) is 5.11 Å². The second kappa shape index (κ2) is 8.28. The van der Waals surface area contributed by atoms with Crippen LogP contribution in [0.4, 0.5) is 5.69 Å².